The van der Waals surface area contributed by atoms with Crippen molar-refractivity contribution in [2.24, 2.45) is 0 Å². The molecule has 2 aliphatic rings. The monoisotopic (exact) mass is 425 g/mol. The molecule has 27 heavy (non-hydrogen) atoms. The smallest absolute Gasteiger partial charge is 0.344 e. The standard InChI is InChI=1S/C20H14BrN3O3/c21-11-7-5-10(6-8-11)14-15-17(27-19-16(14)18(22)23-9-24-19)12-3-1-2-4-13(12)26-20(15)25/h1-9,14,18H,22H2,(H,23,24)/p+2/t14-,18-/m1/s1. The van der Waals surface area contributed by atoms with Gasteiger partial charge in [0.1, 0.15) is 11.2 Å². The lowest BCUT2D eigenvalue weighted by Gasteiger charge is -2.29. The van der Waals surface area contributed by atoms with E-state index >= 15 is 0 Å². The number of hydrogen-bond acceptors (Lipinski definition) is 4. The maximum absolute atomic E-state index is 13.0. The molecule has 0 radical (unpaired) electrons. The molecule has 2 aliphatic heterocycles. The van der Waals surface area contributed by atoms with Crippen molar-refractivity contribution in [1.82, 2.24) is 5.32 Å². The average Bonchev–Trinajstić information content (AvgIpc) is 2.68. The third kappa shape index (κ3) is 2.50. The number of halogens is 1. The number of rotatable bonds is 1. The number of fused-ring (bicyclic) bond motifs is 3. The molecule has 0 bridgehead atoms. The molecule has 0 saturated heterocycles. The first-order chi connectivity index (χ1) is 13.1. The van der Waals surface area contributed by atoms with Gasteiger partial charge in [0, 0.05) is 4.47 Å². The first kappa shape index (κ1) is 16.3. The molecule has 2 atom stereocenters. The molecular weight excluding hydrogens is 410 g/mol. The van der Waals surface area contributed by atoms with Crippen LogP contribution in [0.2, 0.25) is 0 Å². The number of quaternary nitrogens is 1. The molecule has 0 amide bonds. The second kappa shape index (κ2) is 6.07. The summed E-state index contributed by atoms with van der Waals surface area (Å²) < 4.78 is 12.7. The Morgan fingerprint density at radius 3 is 2.70 bits per heavy atom. The predicted molar refractivity (Wildman–Crippen MR) is 103 cm³/mol. The van der Waals surface area contributed by atoms with E-state index in [1.54, 1.807) is 12.4 Å². The van der Waals surface area contributed by atoms with Gasteiger partial charge >= 0.3 is 5.63 Å². The summed E-state index contributed by atoms with van der Waals surface area (Å²) in [6, 6.07) is 15.3. The Bertz CT molecular complexity index is 1180. The van der Waals surface area contributed by atoms with Crippen LogP contribution in [0.25, 0.3) is 11.0 Å². The molecule has 0 aliphatic carbocycles. The number of nitrogens with one attached hydrogen (secondary N) is 2. The van der Waals surface area contributed by atoms with Gasteiger partial charge in [-0.3, -0.25) is 0 Å². The Morgan fingerprint density at radius 1 is 1.11 bits per heavy atom. The van der Waals surface area contributed by atoms with Crippen molar-refractivity contribution in [1.29, 1.82) is 0 Å². The SMILES string of the molecule is [NH3+][C@@H]1[NH+]=CNC2=C1[C@H](c1ccc(Br)cc1)c1c(c3ccccc3oc1=O)O2. The summed E-state index contributed by atoms with van der Waals surface area (Å²) in [5.74, 6) is 0.808. The van der Waals surface area contributed by atoms with E-state index in [-0.39, 0.29) is 12.1 Å². The molecule has 0 fully saturated rings. The van der Waals surface area contributed by atoms with Crippen molar-refractivity contribution in [3.8, 4) is 5.75 Å². The lowest BCUT2D eigenvalue weighted by Crippen LogP contribution is -2.96. The highest BCUT2D eigenvalue weighted by Gasteiger charge is 2.43. The fourth-order valence-electron chi connectivity index (χ4n) is 3.71. The fourth-order valence-corrected chi connectivity index (χ4v) is 3.98. The first-order valence-corrected chi connectivity index (χ1v) is 9.33. The Labute approximate surface area is 162 Å². The summed E-state index contributed by atoms with van der Waals surface area (Å²) in [6.45, 7) is 0. The Hall–Kier alpha value is -2.90. The molecular formula is C20H16BrN3O3+2. The third-order valence-electron chi connectivity index (χ3n) is 4.93. The summed E-state index contributed by atoms with van der Waals surface area (Å²) in [6.07, 6.45) is 1.46. The summed E-state index contributed by atoms with van der Waals surface area (Å²) in [5.41, 5.74) is 6.62. The highest BCUT2D eigenvalue weighted by Crippen LogP contribution is 2.44. The van der Waals surface area contributed by atoms with Crippen LogP contribution in [0.15, 0.2) is 73.7 Å². The van der Waals surface area contributed by atoms with Crippen LogP contribution >= 0.6 is 15.9 Å². The second-order valence-electron chi connectivity index (χ2n) is 6.51. The van der Waals surface area contributed by atoms with Crippen molar-refractivity contribution in [2.45, 2.75) is 12.1 Å². The van der Waals surface area contributed by atoms with E-state index < -0.39 is 5.63 Å². The summed E-state index contributed by atoms with van der Waals surface area (Å²) >= 11 is 3.47. The minimum Gasteiger partial charge on any atom is -0.422 e. The minimum absolute atomic E-state index is 0.242. The molecule has 5 N–H and O–H groups in total. The third-order valence-corrected chi connectivity index (χ3v) is 5.46. The quantitative estimate of drug-likeness (QED) is 0.497. The fraction of sp³-hybridized carbons (Fsp3) is 0.100. The summed E-state index contributed by atoms with van der Waals surface area (Å²) in [7, 11) is 0. The minimum atomic E-state index is -0.398. The number of benzene rings is 2. The van der Waals surface area contributed by atoms with Gasteiger partial charge in [-0.2, -0.15) is 0 Å². The van der Waals surface area contributed by atoms with Crippen molar-refractivity contribution in [2.75, 3.05) is 0 Å². The van der Waals surface area contributed by atoms with Crippen LogP contribution in [-0.4, -0.2) is 12.5 Å². The second-order valence-corrected chi connectivity index (χ2v) is 7.42. The van der Waals surface area contributed by atoms with Crippen molar-refractivity contribution in [3.05, 3.63) is 86.0 Å². The van der Waals surface area contributed by atoms with Gasteiger partial charge in [-0.1, -0.05) is 40.2 Å². The molecule has 7 heteroatoms. The van der Waals surface area contributed by atoms with Gasteiger partial charge in [-0.25, -0.2) is 15.1 Å². The van der Waals surface area contributed by atoms with Crippen LogP contribution in [0.4, 0.5) is 0 Å². The largest absolute Gasteiger partial charge is 0.422 e. The lowest BCUT2D eigenvalue weighted by atomic mass is 9.82. The normalized spacial score (nSPS) is 20.7. The van der Waals surface area contributed by atoms with Crippen molar-refractivity contribution in [3.63, 3.8) is 0 Å². The maximum Gasteiger partial charge on any atom is 0.344 e. The van der Waals surface area contributed by atoms with Gasteiger partial charge in [-0.15, -0.1) is 0 Å². The number of para-hydroxylation sites is 1. The highest BCUT2D eigenvalue weighted by molar-refractivity contribution is 9.10. The molecule has 134 valence electrons. The molecule has 0 spiro atoms. The van der Waals surface area contributed by atoms with Crippen LogP contribution in [0.1, 0.15) is 17.0 Å². The zero-order valence-corrected chi connectivity index (χ0v) is 15.7. The highest BCUT2D eigenvalue weighted by atomic mass is 79.9. The summed E-state index contributed by atoms with van der Waals surface area (Å²) in [4.78, 5) is 16.1. The average molecular weight is 426 g/mol. The zero-order valence-electron chi connectivity index (χ0n) is 14.2. The van der Waals surface area contributed by atoms with Gasteiger partial charge in [-0.05, 0) is 29.8 Å². The Kier molecular flexibility index (Phi) is 3.66. The van der Waals surface area contributed by atoms with Crippen molar-refractivity contribution >= 4 is 33.2 Å². The van der Waals surface area contributed by atoms with E-state index in [0.717, 1.165) is 21.0 Å². The lowest BCUT2D eigenvalue weighted by molar-refractivity contribution is -0.687. The Morgan fingerprint density at radius 2 is 1.89 bits per heavy atom. The first-order valence-electron chi connectivity index (χ1n) is 8.54. The van der Waals surface area contributed by atoms with Gasteiger partial charge in [0.15, 0.2) is 5.75 Å². The van der Waals surface area contributed by atoms with E-state index in [1.807, 2.05) is 42.5 Å². The molecule has 5 rings (SSSR count). The zero-order chi connectivity index (χ0) is 18.5. The number of ether oxygens (including phenoxy) is 1. The topological polar surface area (TPSA) is 93.1 Å². The Balaban J connectivity index is 1.84. The van der Waals surface area contributed by atoms with Gasteiger partial charge in [0.05, 0.1) is 16.9 Å². The summed E-state index contributed by atoms with van der Waals surface area (Å²) in [5, 5.41) is 3.89. The van der Waals surface area contributed by atoms with E-state index in [4.69, 9.17) is 9.15 Å². The molecule has 3 heterocycles. The van der Waals surface area contributed by atoms with E-state index in [9.17, 15) is 4.79 Å². The molecule has 0 unspecified atom stereocenters. The predicted octanol–water partition coefficient (Wildman–Crippen LogP) is 0.572. The molecule has 6 nitrogen and oxygen atoms in total. The van der Waals surface area contributed by atoms with Crippen LogP contribution in [0.5, 0.6) is 5.75 Å². The molecule has 0 saturated carbocycles. The van der Waals surface area contributed by atoms with Crippen molar-refractivity contribution < 1.29 is 19.9 Å². The van der Waals surface area contributed by atoms with Gasteiger partial charge < -0.3 is 14.9 Å². The van der Waals surface area contributed by atoms with Gasteiger partial charge in [0.2, 0.25) is 6.34 Å². The number of hydrogen-bond donors (Lipinski definition) is 3. The molecule has 1 aromatic heterocycles. The van der Waals surface area contributed by atoms with E-state index in [1.165, 1.54) is 0 Å². The van der Waals surface area contributed by atoms with E-state index in [0.29, 0.717) is 22.8 Å². The van der Waals surface area contributed by atoms with Crippen LogP contribution in [0.3, 0.4) is 0 Å². The van der Waals surface area contributed by atoms with Crippen LogP contribution < -0.4 is 26.4 Å². The van der Waals surface area contributed by atoms with E-state index in [2.05, 4.69) is 32.0 Å². The molecule has 3 aromatic rings. The molecule has 2 aromatic carbocycles. The van der Waals surface area contributed by atoms with Crippen LogP contribution in [0, 0.1) is 0 Å². The maximum atomic E-state index is 13.0. The van der Waals surface area contributed by atoms with Gasteiger partial charge in [0.25, 0.3) is 12.0 Å². The van der Waals surface area contributed by atoms with Crippen LogP contribution in [-0.2, 0) is 0 Å².